The van der Waals surface area contributed by atoms with Gasteiger partial charge in [-0.2, -0.15) is 0 Å². The SMILES string of the molecule is COc1ccc(Br)c2c1C(=O)CCO2. The molecule has 0 aromatic heterocycles. The topological polar surface area (TPSA) is 35.5 Å². The van der Waals surface area contributed by atoms with E-state index in [9.17, 15) is 4.79 Å². The molecule has 1 aliphatic rings. The summed E-state index contributed by atoms with van der Waals surface area (Å²) in [6.07, 6.45) is 0.416. The Morgan fingerprint density at radius 3 is 3.00 bits per heavy atom. The Bertz CT molecular complexity index is 387. The van der Waals surface area contributed by atoms with Gasteiger partial charge < -0.3 is 9.47 Å². The number of methoxy groups -OCH3 is 1. The predicted molar refractivity (Wildman–Crippen MR) is 55.1 cm³/mol. The molecule has 0 saturated carbocycles. The van der Waals surface area contributed by atoms with Gasteiger partial charge in [0.25, 0.3) is 0 Å². The second-order valence-electron chi connectivity index (χ2n) is 2.98. The molecule has 0 N–H and O–H groups in total. The van der Waals surface area contributed by atoms with Crippen molar-refractivity contribution >= 4 is 21.7 Å². The Balaban J connectivity index is 2.64. The number of fused-ring (bicyclic) bond motifs is 1. The summed E-state index contributed by atoms with van der Waals surface area (Å²) in [6, 6.07) is 3.58. The highest BCUT2D eigenvalue weighted by Crippen LogP contribution is 2.38. The van der Waals surface area contributed by atoms with Crippen LogP contribution in [0.3, 0.4) is 0 Å². The average molecular weight is 257 g/mol. The van der Waals surface area contributed by atoms with Crippen LogP contribution in [0, 0.1) is 0 Å². The summed E-state index contributed by atoms with van der Waals surface area (Å²) in [5.41, 5.74) is 0.549. The van der Waals surface area contributed by atoms with E-state index in [0.717, 1.165) is 4.47 Å². The number of hydrogen-bond acceptors (Lipinski definition) is 3. The highest BCUT2D eigenvalue weighted by Gasteiger charge is 2.24. The standard InChI is InChI=1S/C10H9BrO3/c1-13-8-3-2-6(11)10-9(8)7(12)4-5-14-10/h2-3H,4-5H2,1H3. The number of carbonyl (C=O) groups is 1. The Hall–Kier alpha value is -1.03. The van der Waals surface area contributed by atoms with Crippen LogP contribution in [0.5, 0.6) is 11.5 Å². The molecule has 74 valence electrons. The van der Waals surface area contributed by atoms with E-state index < -0.39 is 0 Å². The second kappa shape index (κ2) is 3.61. The molecule has 0 spiro atoms. The zero-order chi connectivity index (χ0) is 10.1. The number of Topliss-reactive ketones (excluding diaryl/α,β-unsaturated/α-hetero) is 1. The third kappa shape index (κ3) is 1.39. The van der Waals surface area contributed by atoms with Crippen molar-refractivity contribution in [3.8, 4) is 11.5 Å². The smallest absolute Gasteiger partial charge is 0.173 e. The molecular weight excluding hydrogens is 248 g/mol. The lowest BCUT2D eigenvalue weighted by Crippen LogP contribution is -2.16. The maximum atomic E-state index is 11.6. The molecule has 1 aromatic rings. The zero-order valence-electron chi connectivity index (χ0n) is 7.67. The first-order valence-corrected chi connectivity index (χ1v) is 5.06. The minimum atomic E-state index is 0.0735. The van der Waals surface area contributed by atoms with Crippen LogP contribution in [0.1, 0.15) is 16.8 Å². The van der Waals surface area contributed by atoms with Gasteiger partial charge in [-0.1, -0.05) is 0 Å². The average Bonchev–Trinajstić information content (AvgIpc) is 2.20. The molecule has 0 bridgehead atoms. The van der Waals surface area contributed by atoms with E-state index >= 15 is 0 Å². The van der Waals surface area contributed by atoms with Crippen LogP contribution in [-0.4, -0.2) is 19.5 Å². The monoisotopic (exact) mass is 256 g/mol. The minimum Gasteiger partial charge on any atom is -0.496 e. The van der Waals surface area contributed by atoms with Crippen LogP contribution in [0.25, 0.3) is 0 Å². The van der Waals surface area contributed by atoms with Gasteiger partial charge in [-0.15, -0.1) is 0 Å². The summed E-state index contributed by atoms with van der Waals surface area (Å²) in [5, 5.41) is 0. The van der Waals surface area contributed by atoms with Crippen molar-refractivity contribution in [1.29, 1.82) is 0 Å². The van der Waals surface area contributed by atoms with E-state index in [2.05, 4.69) is 15.9 Å². The number of rotatable bonds is 1. The van der Waals surface area contributed by atoms with Crippen LogP contribution in [-0.2, 0) is 0 Å². The lowest BCUT2D eigenvalue weighted by molar-refractivity contribution is 0.0928. The van der Waals surface area contributed by atoms with E-state index in [1.165, 1.54) is 0 Å². The molecule has 14 heavy (non-hydrogen) atoms. The maximum Gasteiger partial charge on any atom is 0.173 e. The van der Waals surface area contributed by atoms with Gasteiger partial charge in [0.2, 0.25) is 0 Å². The molecule has 4 heteroatoms. The summed E-state index contributed by atoms with van der Waals surface area (Å²) >= 11 is 3.34. The second-order valence-corrected chi connectivity index (χ2v) is 3.83. The van der Waals surface area contributed by atoms with Crippen molar-refractivity contribution in [2.45, 2.75) is 6.42 Å². The first-order valence-electron chi connectivity index (χ1n) is 4.26. The van der Waals surface area contributed by atoms with Crippen molar-refractivity contribution in [1.82, 2.24) is 0 Å². The Morgan fingerprint density at radius 2 is 2.29 bits per heavy atom. The molecule has 3 nitrogen and oxygen atoms in total. The molecule has 1 aromatic carbocycles. The Kier molecular flexibility index (Phi) is 2.46. The van der Waals surface area contributed by atoms with Crippen molar-refractivity contribution in [2.75, 3.05) is 13.7 Å². The number of ketones is 1. The van der Waals surface area contributed by atoms with Gasteiger partial charge in [0, 0.05) is 6.42 Å². The molecule has 1 aliphatic heterocycles. The van der Waals surface area contributed by atoms with Gasteiger partial charge in [-0.3, -0.25) is 4.79 Å². The predicted octanol–water partition coefficient (Wildman–Crippen LogP) is 2.42. The summed E-state index contributed by atoms with van der Waals surface area (Å²) in [4.78, 5) is 11.6. The molecule has 0 unspecified atom stereocenters. The number of carbonyl (C=O) groups excluding carboxylic acids is 1. The van der Waals surface area contributed by atoms with Crippen LogP contribution < -0.4 is 9.47 Å². The maximum absolute atomic E-state index is 11.6. The van der Waals surface area contributed by atoms with Crippen LogP contribution in [0.4, 0.5) is 0 Å². The molecule has 1 heterocycles. The number of halogens is 1. The summed E-state index contributed by atoms with van der Waals surface area (Å²) in [5.74, 6) is 1.25. The fourth-order valence-electron chi connectivity index (χ4n) is 1.49. The van der Waals surface area contributed by atoms with Crippen molar-refractivity contribution < 1.29 is 14.3 Å². The third-order valence-corrected chi connectivity index (χ3v) is 2.77. The van der Waals surface area contributed by atoms with E-state index in [0.29, 0.717) is 30.1 Å². The largest absolute Gasteiger partial charge is 0.496 e. The van der Waals surface area contributed by atoms with Gasteiger partial charge in [-0.05, 0) is 28.1 Å². The molecule has 0 radical (unpaired) electrons. The van der Waals surface area contributed by atoms with Gasteiger partial charge in [0.15, 0.2) is 5.78 Å². The van der Waals surface area contributed by atoms with Gasteiger partial charge in [0.1, 0.15) is 17.1 Å². The number of ether oxygens (including phenoxy) is 2. The first-order chi connectivity index (χ1) is 6.74. The Morgan fingerprint density at radius 1 is 1.50 bits per heavy atom. The van der Waals surface area contributed by atoms with E-state index in [-0.39, 0.29) is 5.78 Å². The van der Waals surface area contributed by atoms with E-state index in [4.69, 9.17) is 9.47 Å². The summed E-state index contributed by atoms with van der Waals surface area (Å²) < 4.78 is 11.3. The zero-order valence-corrected chi connectivity index (χ0v) is 9.26. The fourth-order valence-corrected chi connectivity index (χ4v) is 1.93. The fraction of sp³-hybridized carbons (Fsp3) is 0.300. The minimum absolute atomic E-state index is 0.0735. The summed E-state index contributed by atoms with van der Waals surface area (Å²) in [7, 11) is 1.55. The highest BCUT2D eigenvalue weighted by molar-refractivity contribution is 9.10. The van der Waals surface area contributed by atoms with Gasteiger partial charge in [-0.25, -0.2) is 0 Å². The van der Waals surface area contributed by atoms with Gasteiger partial charge >= 0.3 is 0 Å². The molecular formula is C10H9BrO3. The van der Waals surface area contributed by atoms with E-state index in [1.807, 2.05) is 6.07 Å². The van der Waals surface area contributed by atoms with E-state index in [1.54, 1.807) is 13.2 Å². The first kappa shape index (κ1) is 9.52. The summed E-state index contributed by atoms with van der Waals surface area (Å²) in [6.45, 7) is 0.442. The number of benzene rings is 1. The lowest BCUT2D eigenvalue weighted by atomic mass is 10.0. The molecule has 0 aliphatic carbocycles. The van der Waals surface area contributed by atoms with Gasteiger partial charge in [0.05, 0.1) is 18.2 Å². The molecule has 2 rings (SSSR count). The van der Waals surface area contributed by atoms with Crippen LogP contribution in [0.2, 0.25) is 0 Å². The molecule has 0 atom stereocenters. The Labute approximate surface area is 90.1 Å². The third-order valence-electron chi connectivity index (χ3n) is 2.15. The molecule has 0 saturated heterocycles. The van der Waals surface area contributed by atoms with Crippen molar-refractivity contribution in [3.05, 3.63) is 22.2 Å². The molecule has 0 fully saturated rings. The molecule has 0 amide bonds. The highest BCUT2D eigenvalue weighted by atomic mass is 79.9. The van der Waals surface area contributed by atoms with Crippen molar-refractivity contribution in [3.63, 3.8) is 0 Å². The lowest BCUT2D eigenvalue weighted by Gasteiger charge is -2.19. The number of hydrogen-bond donors (Lipinski definition) is 0. The normalized spacial score (nSPS) is 14.6. The quantitative estimate of drug-likeness (QED) is 0.775. The van der Waals surface area contributed by atoms with Crippen LogP contribution >= 0.6 is 15.9 Å². The van der Waals surface area contributed by atoms with Crippen molar-refractivity contribution in [2.24, 2.45) is 0 Å². The van der Waals surface area contributed by atoms with Crippen LogP contribution in [0.15, 0.2) is 16.6 Å².